The number of anilines is 1. The Morgan fingerprint density at radius 3 is 2.03 bits per heavy atom. The summed E-state index contributed by atoms with van der Waals surface area (Å²) in [7, 11) is 4.30. The number of nitrogens with zero attached hydrogens (tertiary/aromatic N) is 2. The zero-order valence-electron chi connectivity index (χ0n) is 22.3. The van der Waals surface area contributed by atoms with Gasteiger partial charge in [-0.15, -0.1) is 0 Å². The van der Waals surface area contributed by atoms with Crippen LogP contribution in [0, 0.1) is 0 Å². The molecule has 0 atom stereocenters. The van der Waals surface area contributed by atoms with E-state index in [9.17, 15) is 0 Å². The molecule has 39 heavy (non-hydrogen) atoms. The highest BCUT2D eigenvalue weighted by molar-refractivity contribution is 6.09. The smallest absolute Gasteiger partial charge is 0.210 e. The molecule has 0 N–H and O–H groups in total. The number of para-hydroxylation sites is 2. The van der Waals surface area contributed by atoms with Crippen LogP contribution in [0.15, 0.2) is 133 Å². The molecule has 7 rings (SSSR count). The molecular formula is C36H31N2O+. The number of hydrogen-bond acceptors (Lipinski definition) is 2. The average molecular weight is 508 g/mol. The van der Waals surface area contributed by atoms with E-state index in [0.717, 1.165) is 30.2 Å². The maximum atomic E-state index is 6.45. The van der Waals surface area contributed by atoms with Crippen molar-refractivity contribution in [2.75, 3.05) is 19.0 Å². The van der Waals surface area contributed by atoms with Gasteiger partial charge in [0.05, 0.1) is 17.2 Å². The second-order valence-electron chi connectivity index (χ2n) is 10.6. The highest BCUT2D eigenvalue weighted by atomic mass is 16.5. The van der Waals surface area contributed by atoms with E-state index in [1.54, 1.807) is 0 Å². The predicted molar refractivity (Wildman–Crippen MR) is 160 cm³/mol. The lowest BCUT2D eigenvalue weighted by atomic mass is 9.68. The SMILES string of the molecule is CN1/C(=C/C2=[N+](C)c3ccc4ccccc4c3C2(Cc2ccccc2)Cc2ccccc2)Oc2ccccc21. The molecule has 190 valence electrons. The highest BCUT2D eigenvalue weighted by Crippen LogP contribution is 2.49. The van der Waals surface area contributed by atoms with Crippen molar-refractivity contribution in [3.8, 4) is 5.75 Å². The molecule has 0 spiro atoms. The van der Waals surface area contributed by atoms with Crippen LogP contribution in [0.1, 0.15) is 16.7 Å². The summed E-state index contributed by atoms with van der Waals surface area (Å²) in [4.78, 5) is 2.16. The van der Waals surface area contributed by atoms with Gasteiger partial charge >= 0.3 is 0 Å². The fourth-order valence-corrected chi connectivity index (χ4v) is 6.53. The number of hydrogen-bond donors (Lipinski definition) is 0. The normalized spacial score (nSPS) is 16.5. The van der Waals surface area contributed by atoms with E-state index >= 15 is 0 Å². The number of rotatable bonds is 5. The largest absolute Gasteiger partial charge is 0.438 e. The molecule has 5 aromatic rings. The fraction of sp³-hybridized carbons (Fsp3) is 0.139. The number of benzene rings is 5. The molecule has 0 fully saturated rings. The maximum absolute atomic E-state index is 6.45. The summed E-state index contributed by atoms with van der Waals surface area (Å²) in [5.74, 6) is 1.74. The average Bonchev–Trinajstić information content (AvgIpc) is 3.41. The standard InChI is InChI=1S/C36H31N2O/c1-37-31-22-21-28-17-9-10-18-29(28)35(31)36(24-26-13-5-3-6-14-26,25-27-15-7-4-8-16-27)33(37)23-34-38(2)30-19-11-12-20-32(30)39-34/h3-23H,24-25H2,1-2H3/q+1. The Kier molecular flexibility index (Phi) is 5.59. The van der Waals surface area contributed by atoms with E-state index in [0.29, 0.717) is 0 Å². The van der Waals surface area contributed by atoms with Crippen molar-refractivity contribution >= 4 is 27.9 Å². The Labute approximate surface area is 229 Å². The van der Waals surface area contributed by atoms with Crippen LogP contribution in [0.2, 0.25) is 0 Å². The van der Waals surface area contributed by atoms with Crippen LogP contribution in [-0.4, -0.2) is 24.4 Å². The quantitative estimate of drug-likeness (QED) is 0.227. The first-order chi connectivity index (χ1) is 19.1. The van der Waals surface area contributed by atoms with Gasteiger partial charge < -0.3 is 9.64 Å². The van der Waals surface area contributed by atoms with Gasteiger partial charge in [-0.25, -0.2) is 0 Å². The highest BCUT2D eigenvalue weighted by Gasteiger charge is 2.52. The van der Waals surface area contributed by atoms with Crippen molar-refractivity contribution in [2.45, 2.75) is 18.3 Å². The van der Waals surface area contributed by atoms with Gasteiger partial charge in [0.1, 0.15) is 7.05 Å². The van der Waals surface area contributed by atoms with Crippen LogP contribution in [0.3, 0.4) is 0 Å². The van der Waals surface area contributed by atoms with Crippen molar-refractivity contribution < 1.29 is 9.31 Å². The lowest BCUT2D eigenvalue weighted by molar-refractivity contribution is -0.401. The number of fused-ring (bicyclic) bond motifs is 4. The Hall–Kier alpha value is -4.63. The van der Waals surface area contributed by atoms with Gasteiger partial charge in [-0.1, -0.05) is 97.1 Å². The molecule has 0 bridgehead atoms. The zero-order chi connectivity index (χ0) is 26.4. The lowest BCUT2D eigenvalue weighted by Gasteiger charge is -2.29. The van der Waals surface area contributed by atoms with E-state index in [4.69, 9.17) is 4.74 Å². The third-order valence-corrected chi connectivity index (χ3v) is 8.33. The Balaban J connectivity index is 1.50. The molecule has 0 saturated carbocycles. The van der Waals surface area contributed by atoms with Gasteiger partial charge in [0.2, 0.25) is 11.6 Å². The molecular weight excluding hydrogens is 476 g/mol. The minimum atomic E-state index is -0.306. The molecule has 3 nitrogen and oxygen atoms in total. The summed E-state index contributed by atoms with van der Waals surface area (Å²) in [5, 5.41) is 2.58. The van der Waals surface area contributed by atoms with Crippen LogP contribution >= 0.6 is 0 Å². The summed E-state index contributed by atoms with van der Waals surface area (Å²) in [6, 6.07) is 43.4. The van der Waals surface area contributed by atoms with Crippen LogP contribution in [0.5, 0.6) is 5.75 Å². The second kappa shape index (κ2) is 9.28. The second-order valence-corrected chi connectivity index (χ2v) is 10.6. The summed E-state index contributed by atoms with van der Waals surface area (Å²) in [5.41, 5.74) is 7.32. The van der Waals surface area contributed by atoms with Crippen LogP contribution in [-0.2, 0) is 18.3 Å². The van der Waals surface area contributed by atoms with Crippen molar-refractivity contribution in [1.82, 2.24) is 0 Å². The van der Waals surface area contributed by atoms with Gasteiger partial charge in [-0.2, -0.15) is 4.58 Å². The Morgan fingerprint density at radius 1 is 0.718 bits per heavy atom. The van der Waals surface area contributed by atoms with Crippen LogP contribution in [0.4, 0.5) is 11.4 Å². The molecule has 2 aliphatic heterocycles. The van der Waals surface area contributed by atoms with E-state index in [-0.39, 0.29) is 5.41 Å². The fourth-order valence-electron chi connectivity index (χ4n) is 6.53. The van der Waals surface area contributed by atoms with Gasteiger partial charge in [0.15, 0.2) is 11.5 Å². The molecule has 0 unspecified atom stereocenters. The third kappa shape index (κ3) is 3.85. The summed E-state index contributed by atoms with van der Waals surface area (Å²) >= 11 is 0. The minimum absolute atomic E-state index is 0.306. The summed E-state index contributed by atoms with van der Waals surface area (Å²) < 4.78 is 8.84. The minimum Gasteiger partial charge on any atom is -0.438 e. The third-order valence-electron chi connectivity index (χ3n) is 8.33. The molecule has 0 amide bonds. The van der Waals surface area contributed by atoms with E-state index in [1.807, 2.05) is 12.1 Å². The first kappa shape index (κ1) is 23.5. The molecule has 5 aromatic carbocycles. The number of ether oxygens (including phenoxy) is 1. The topological polar surface area (TPSA) is 15.5 Å². The number of allylic oxidation sites excluding steroid dienone is 1. The molecule has 2 aliphatic rings. The van der Waals surface area contributed by atoms with Gasteiger partial charge in [0, 0.05) is 18.7 Å². The molecule has 0 saturated heterocycles. The monoisotopic (exact) mass is 507 g/mol. The molecule has 0 aromatic heterocycles. The van der Waals surface area contributed by atoms with Crippen molar-refractivity contribution in [3.05, 3.63) is 150 Å². The van der Waals surface area contributed by atoms with Gasteiger partial charge in [-0.3, -0.25) is 0 Å². The van der Waals surface area contributed by atoms with E-state index in [2.05, 4.69) is 139 Å². The molecule has 3 heteroatoms. The Morgan fingerprint density at radius 2 is 1.33 bits per heavy atom. The van der Waals surface area contributed by atoms with Gasteiger partial charge in [0.25, 0.3) is 0 Å². The van der Waals surface area contributed by atoms with Crippen LogP contribution in [0.25, 0.3) is 10.8 Å². The molecule has 0 radical (unpaired) electrons. The predicted octanol–water partition coefficient (Wildman–Crippen LogP) is 7.66. The lowest BCUT2D eigenvalue weighted by Crippen LogP contribution is -2.39. The maximum Gasteiger partial charge on any atom is 0.210 e. The van der Waals surface area contributed by atoms with Crippen molar-refractivity contribution in [2.24, 2.45) is 0 Å². The summed E-state index contributed by atoms with van der Waals surface area (Å²) in [6.07, 6.45) is 4.04. The van der Waals surface area contributed by atoms with Gasteiger partial charge in [-0.05, 0) is 52.9 Å². The van der Waals surface area contributed by atoms with E-state index in [1.165, 1.54) is 38.9 Å². The Bertz CT molecular complexity index is 1710. The summed E-state index contributed by atoms with van der Waals surface area (Å²) in [6.45, 7) is 0. The molecule has 2 heterocycles. The van der Waals surface area contributed by atoms with Crippen LogP contribution < -0.4 is 9.64 Å². The first-order valence-corrected chi connectivity index (χ1v) is 13.6. The first-order valence-electron chi connectivity index (χ1n) is 13.6. The zero-order valence-corrected chi connectivity index (χ0v) is 22.3. The van der Waals surface area contributed by atoms with Crippen molar-refractivity contribution in [3.63, 3.8) is 0 Å². The van der Waals surface area contributed by atoms with Crippen molar-refractivity contribution in [1.29, 1.82) is 0 Å². The van der Waals surface area contributed by atoms with E-state index < -0.39 is 0 Å². The molecule has 0 aliphatic carbocycles.